The zero-order valence-corrected chi connectivity index (χ0v) is 15.8. The number of nitrogens with zero attached hydrogens (tertiary/aromatic N) is 2. The molecule has 2 amide bonds. The van der Waals surface area contributed by atoms with Gasteiger partial charge >= 0.3 is 0 Å². The van der Waals surface area contributed by atoms with Gasteiger partial charge < -0.3 is 20.3 Å². The van der Waals surface area contributed by atoms with Crippen LogP contribution in [0.3, 0.4) is 0 Å². The predicted octanol–water partition coefficient (Wildman–Crippen LogP) is 1.25. The number of rotatable bonds is 5. The van der Waals surface area contributed by atoms with Crippen molar-refractivity contribution in [1.29, 1.82) is 0 Å². The molecule has 2 heterocycles. The molecule has 6 nitrogen and oxygen atoms in total. The lowest BCUT2D eigenvalue weighted by Crippen LogP contribution is -2.41. The van der Waals surface area contributed by atoms with Crippen LogP contribution in [-0.4, -0.2) is 67.6 Å². The molecule has 0 aliphatic carbocycles. The van der Waals surface area contributed by atoms with E-state index in [4.69, 9.17) is 10.5 Å². The van der Waals surface area contributed by atoms with Crippen molar-refractivity contribution in [1.82, 2.24) is 9.80 Å². The van der Waals surface area contributed by atoms with Crippen molar-refractivity contribution in [2.45, 2.75) is 18.8 Å². The zero-order chi connectivity index (χ0) is 17.6. The minimum absolute atomic E-state index is 0. The molecular weight excluding hydrogens is 354 g/mol. The largest absolute Gasteiger partial charge is 0.378 e. The maximum absolute atomic E-state index is 12.6. The Balaban J connectivity index is 0.00000243. The molecule has 2 aliphatic heterocycles. The standard InChI is InChI=1S/C19H27N3O3.ClH/c20-12-16-13-22(14-17(16)15-4-2-1-3-5-15)19(24)7-6-18(23)21-8-10-25-11-9-21;/h1-5,16-17H,6-14,20H2;1H/t16-,17+;/m1./s1. The van der Waals surface area contributed by atoms with Crippen LogP contribution >= 0.6 is 12.4 Å². The van der Waals surface area contributed by atoms with Gasteiger partial charge in [-0.05, 0) is 18.0 Å². The van der Waals surface area contributed by atoms with Gasteiger partial charge in [-0.1, -0.05) is 30.3 Å². The number of carbonyl (C=O) groups excluding carboxylic acids is 2. The van der Waals surface area contributed by atoms with Crippen molar-refractivity contribution in [3.8, 4) is 0 Å². The number of amides is 2. The van der Waals surface area contributed by atoms with Crippen molar-refractivity contribution >= 4 is 24.2 Å². The summed E-state index contributed by atoms with van der Waals surface area (Å²) in [5.41, 5.74) is 7.17. The summed E-state index contributed by atoms with van der Waals surface area (Å²) in [5.74, 6) is 0.663. The number of halogens is 1. The summed E-state index contributed by atoms with van der Waals surface area (Å²) in [6, 6.07) is 10.2. The summed E-state index contributed by atoms with van der Waals surface area (Å²) in [7, 11) is 0. The van der Waals surface area contributed by atoms with Crippen LogP contribution in [0.4, 0.5) is 0 Å². The van der Waals surface area contributed by atoms with Crippen molar-refractivity contribution in [2.24, 2.45) is 11.7 Å². The second kappa shape index (κ2) is 9.90. The second-order valence-electron chi connectivity index (χ2n) is 6.80. The molecule has 2 fully saturated rings. The summed E-state index contributed by atoms with van der Waals surface area (Å²) in [5, 5.41) is 0. The molecule has 1 aromatic carbocycles. The van der Waals surface area contributed by atoms with Crippen LogP contribution in [-0.2, 0) is 14.3 Å². The third kappa shape index (κ3) is 4.96. The van der Waals surface area contributed by atoms with E-state index in [0.29, 0.717) is 45.9 Å². The van der Waals surface area contributed by atoms with Gasteiger partial charge in [0.1, 0.15) is 0 Å². The quantitative estimate of drug-likeness (QED) is 0.832. The van der Waals surface area contributed by atoms with E-state index in [0.717, 1.165) is 0 Å². The van der Waals surface area contributed by atoms with E-state index in [9.17, 15) is 9.59 Å². The first-order valence-electron chi connectivity index (χ1n) is 9.07. The van der Waals surface area contributed by atoms with E-state index in [-0.39, 0.29) is 48.9 Å². The Bertz CT molecular complexity index is 593. The third-order valence-corrected chi connectivity index (χ3v) is 5.24. The molecule has 2 atom stereocenters. The normalized spacial score (nSPS) is 22.8. The molecule has 26 heavy (non-hydrogen) atoms. The van der Waals surface area contributed by atoms with E-state index < -0.39 is 0 Å². The summed E-state index contributed by atoms with van der Waals surface area (Å²) >= 11 is 0. The minimum atomic E-state index is 0. The summed E-state index contributed by atoms with van der Waals surface area (Å²) in [6.45, 7) is 4.36. The smallest absolute Gasteiger partial charge is 0.223 e. The van der Waals surface area contributed by atoms with Crippen LogP contribution in [0.1, 0.15) is 24.3 Å². The maximum atomic E-state index is 12.6. The van der Waals surface area contributed by atoms with Gasteiger partial charge in [0, 0.05) is 44.9 Å². The van der Waals surface area contributed by atoms with E-state index in [2.05, 4.69) is 12.1 Å². The molecule has 144 valence electrons. The SMILES string of the molecule is Cl.NC[C@@H]1CN(C(=O)CCC(=O)N2CCOCC2)C[C@H]1c1ccccc1. The van der Waals surface area contributed by atoms with Gasteiger partial charge in [-0.3, -0.25) is 9.59 Å². The van der Waals surface area contributed by atoms with Crippen molar-refractivity contribution in [3.05, 3.63) is 35.9 Å². The molecule has 3 rings (SSSR count). The summed E-state index contributed by atoms with van der Waals surface area (Å²) < 4.78 is 5.25. The fourth-order valence-corrected chi connectivity index (χ4v) is 3.73. The predicted molar refractivity (Wildman–Crippen MR) is 102 cm³/mol. The number of nitrogens with two attached hydrogens (primary N) is 1. The molecule has 7 heteroatoms. The molecule has 0 spiro atoms. The molecule has 0 saturated carbocycles. The number of ether oxygens (including phenoxy) is 1. The van der Waals surface area contributed by atoms with Crippen LogP contribution in [0.2, 0.25) is 0 Å². The van der Waals surface area contributed by atoms with E-state index in [1.54, 1.807) is 4.90 Å². The van der Waals surface area contributed by atoms with Crippen LogP contribution in [0.5, 0.6) is 0 Å². The molecule has 1 aromatic rings. The molecular formula is C19H28ClN3O3. The lowest BCUT2D eigenvalue weighted by atomic mass is 9.89. The Morgan fingerprint density at radius 3 is 2.23 bits per heavy atom. The number of hydrogen-bond donors (Lipinski definition) is 1. The summed E-state index contributed by atoms with van der Waals surface area (Å²) in [4.78, 5) is 28.4. The first kappa shape index (κ1) is 20.7. The average Bonchev–Trinajstić information content (AvgIpc) is 3.12. The van der Waals surface area contributed by atoms with Gasteiger partial charge in [0.25, 0.3) is 0 Å². The van der Waals surface area contributed by atoms with Crippen molar-refractivity contribution < 1.29 is 14.3 Å². The van der Waals surface area contributed by atoms with Gasteiger partial charge in [-0.2, -0.15) is 0 Å². The van der Waals surface area contributed by atoms with Crippen molar-refractivity contribution in [2.75, 3.05) is 45.9 Å². The average molecular weight is 382 g/mol. The highest BCUT2D eigenvalue weighted by Crippen LogP contribution is 2.32. The Hall–Kier alpha value is -1.63. The zero-order valence-electron chi connectivity index (χ0n) is 15.0. The van der Waals surface area contributed by atoms with Gasteiger partial charge in [-0.15, -0.1) is 12.4 Å². The lowest BCUT2D eigenvalue weighted by Gasteiger charge is -2.27. The number of benzene rings is 1. The Morgan fingerprint density at radius 2 is 1.62 bits per heavy atom. The van der Waals surface area contributed by atoms with Crippen LogP contribution in [0.15, 0.2) is 30.3 Å². The Labute approximate surface area is 161 Å². The Kier molecular flexibility index (Phi) is 7.87. The summed E-state index contributed by atoms with van der Waals surface area (Å²) in [6.07, 6.45) is 0.549. The van der Waals surface area contributed by atoms with Gasteiger partial charge in [0.2, 0.25) is 11.8 Å². The monoisotopic (exact) mass is 381 g/mol. The van der Waals surface area contributed by atoms with Crippen LogP contribution in [0, 0.1) is 5.92 Å². The van der Waals surface area contributed by atoms with Gasteiger partial charge in [-0.25, -0.2) is 0 Å². The van der Waals surface area contributed by atoms with Gasteiger partial charge in [0.05, 0.1) is 13.2 Å². The highest BCUT2D eigenvalue weighted by atomic mass is 35.5. The van der Waals surface area contributed by atoms with Crippen LogP contribution in [0.25, 0.3) is 0 Å². The fraction of sp³-hybridized carbons (Fsp3) is 0.579. The molecule has 0 bridgehead atoms. The fourth-order valence-electron chi connectivity index (χ4n) is 3.73. The lowest BCUT2D eigenvalue weighted by molar-refractivity contribution is -0.139. The Morgan fingerprint density at radius 1 is 1.00 bits per heavy atom. The van der Waals surface area contributed by atoms with Crippen LogP contribution < -0.4 is 5.73 Å². The molecule has 2 saturated heterocycles. The number of morpholine rings is 1. The minimum Gasteiger partial charge on any atom is -0.378 e. The maximum Gasteiger partial charge on any atom is 0.223 e. The third-order valence-electron chi connectivity index (χ3n) is 5.24. The van der Waals surface area contributed by atoms with Crippen molar-refractivity contribution in [3.63, 3.8) is 0 Å². The highest BCUT2D eigenvalue weighted by Gasteiger charge is 2.35. The topological polar surface area (TPSA) is 75.9 Å². The number of likely N-dealkylation sites (tertiary alicyclic amines) is 1. The first-order valence-corrected chi connectivity index (χ1v) is 9.07. The molecule has 0 aromatic heterocycles. The highest BCUT2D eigenvalue weighted by molar-refractivity contribution is 5.85. The van der Waals surface area contributed by atoms with E-state index in [1.807, 2.05) is 23.1 Å². The number of carbonyl (C=O) groups is 2. The molecule has 0 unspecified atom stereocenters. The molecule has 2 N–H and O–H groups in total. The number of hydrogen-bond acceptors (Lipinski definition) is 4. The second-order valence-corrected chi connectivity index (χ2v) is 6.80. The van der Waals surface area contributed by atoms with E-state index in [1.165, 1.54) is 5.56 Å². The molecule has 0 radical (unpaired) electrons. The molecule has 2 aliphatic rings. The first-order chi connectivity index (χ1) is 12.2. The van der Waals surface area contributed by atoms with Gasteiger partial charge in [0.15, 0.2) is 0 Å². The van der Waals surface area contributed by atoms with E-state index >= 15 is 0 Å².